The monoisotopic (exact) mass is 300 g/mol. The summed E-state index contributed by atoms with van der Waals surface area (Å²) in [5.74, 6) is 0.713. The maximum Gasteiger partial charge on any atom is 0.240 e. The van der Waals surface area contributed by atoms with Crippen LogP contribution in [0.3, 0.4) is 0 Å². The zero-order valence-corrected chi connectivity index (χ0v) is 13.0. The van der Waals surface area contributed by atoms with Crippen LogP contribution in [0, 0.1) is 11.8 Å². The molecule has 0 saturated heterocycles. The van der Waals surface area contributed by atoms with E-state index in [9.17, 15) is 8.42 Å². The van der Waals surface area contributed by atoms with Crippen molar-refractivity contribution in [3.8, 4) is 0 Å². The second kappa shape index (κ2) is 6.45. The third-order valence-corrected chi connectivity index (χ3v) is 4.86. The van der Waals surface area contributed by atoms with Crippen LogP contribution in [0.5, 0.6) is 0 Å². The Balaban J connectivity index is 2.80. The summed E-state index contributed by atoms with van der Waals surface area (Å²) < 4.78 is 26.7. The standard InChI is InChI=1S/C13H20N2O2S2/c1-9(2)10(3)8-15-19(16,17)12-6-4-11(5-7-12)13(14)18/h4-7,9-10,15H,8H2,1-3H3,(H2,14,18). The van der Waals surface area contributed by atoms with Crippen LogP contribution in [0.15, 0.2) is 29.2 Å². The van der Waals surface area contributed by atoms with Gasteiger partial charge >= 0.3 is 0 Å². The number of nitrogens with two attached hydrogens (primary N) is 1. The Hall–Kier alpha value is -0.980. The second-order valence-corrected chi connectivity index (χ2v) is 7.17. The first-order chi connectivity index (χ1) is 8.74. The first kappa shape index (κ1) is 16.1. The van der Waals surface area contributed by atoms with Crippen LogP contribution in [-0.4, -0.2) is 20.0 Å². The first-order valence-corrected chi connectivity index (χ1v) is 8.02. The van der Waals surface area contributed by atoms with Crippen LogP contribution >= 0.6 is 12.2 Å². The fourth-order valence-electron chi connectivity index (χ4n) is 1.36. The van der Waals surface area contributed by atoms with E-state index in [4.69, 9.17) is 18.0 Å². The third kappa shape index (κ3) is 4.56. The maximum atomic E-state index is 12.1. The number of benzene rings is 1. The van der Waals surface area contributed by atoms with Gasteiger partial charge in [-0.2, -0.15) is 0 Å². The summed E-state index contributed by atoms with van der Waals surface area (Å²) in [7, 11) is -3.47. The van der Waals surface area contributed by atoms with Gasteiger partial charge in [-0.1, -0.05) is 45.1 Å². The average molecular weight is 300 g/mol. The molecule has 0 aliphatic heterocycles. The Kier molecular flexibility index (Phi) is 5.46. The molecule has 0 aliphatic rings. The molecule has 1 aromatic carbocycles. The van der Waals surface area contributed by atoms with Crippen molar-refractivity contribution >= 4 is 27.2 Å². The van der Waals surface area contributed by atoms with Crippen LogP contribution in [0.2, 0.25) is 0 Å². The molecule has 0 amide bonds. The molecule has 1 rings (SSSR count). The lowest BCUT2D eigenvalue weighted by Crippen LogP contribution is -2.30. The molecule has 1 aromatic rings. The summed E-state index contributed by atoms with van der Waals surface area (Å²) in [6.45, 7) is 6.58. The van der Waals surface area contributed by atoms with Gasteiger partial charge in [-0.05, 0) is 24.0 Å². The third-order valence-electron chi connectivity index (χ3n) is 3.18. The molecule has 0 aromatic heterocycles. The molecule has 0 saturated carbocycles. The molecule has 0 fully saturated rings. The average Bonchev–Trinajstić information content (AvgIpc) is 2.36. The van der Waals surface area contributed by atoms with Gasteiger partial charge in [0.15, 0.2) is 0 Å². The zero-order valence-electron chi connectivity index (χ0n) is 11.4. The molecule has 0 radical (unpaired) electrons. The van der Waals surface area contributed by atoms with Gasteiger partial charge in [-0.25, -0.2) is 13.1 Å². The fraction of sp³-hybridized carbons (Fsp3) is 0.462. The molecule has 106 valence electrons. The van der Waals surface area contributed by atoms with Crippen molar-refractivity contribution in [2.75, 3.05) is 6.54 Å². The van der Waals surface area contributed by atoms with Crippen molar-refractivity contribution in [1.82, 2.24) is 4.72 Å². The number of thiocarbonyl (C=S) groups is 1. The molecular formula is C13H20N2O2S2. The van der Waals surface area contributed by atoms with E-state index in [1.54, 1.807) is 12.1 Å². The number of sulfonamides is 1. The van der Waals surface area contributed by atoms with Gasteiger partial charge in [0, 0.05) is 12.1 Å². The van der Waals surface area contributed by atoms with Crippen LogP contribution < -0.4 is 10.5 Å². The van der Waals surface area contributed by atoms with E-state index in [2.05, 4.69) is 18.6 Å². The van der Waals surface area contributed by atoms with Gasteiger partial charge < -0.3 is 5.73 Å². The van der Waals surface area contributed by atoms with E-state index in [1.165, 1.54) is 12.1 Å². The van der Waals surface area contributed by atoms with Gasteiger partial charge in [0.25, 0.3) is 0 Å². The normalized spacial score (nSPS) is 13.5. The summed E-state index contributed by atoms with van der Waals surface area (Å²) in [6, 6.07) is 6.25. The Morgan fingerprint density at radius 3 is 2.21 bits per heavy atom. The highest BCUT2D eigenvalue weighted by molar-refractivity contribution is 7.89. The molecule has 0 bridgehead atoms. The van der Waals surface area contributed by atoms with Crippen molar-refractivity contribution in [2.24, 2.45) is 17.6 Å². The summed E-state index contributed by atoms with van der Waals surface area (Å²) in [4.78, 5) is 0.480. The van der Waals surface area contributed by atoms with Gasteiger partial charge in [-0.3, -0.25) is 0 Å². The van der Waals surface area contributed by atoms with E-state index in [0.717, 1.165) is 0 Å². The lowest BCUT2D eigenvalue weighted by molar-refractivity contribution is 0.414. The lowest BCUT2D eigenvalue weighted by Gasteiger charge is -2.16. The number of nitrogens with one attached hydrogen (secondary N) is 1. The zero-order chi connectivity index (χ0) is 14.6. The SMILES string of the molecule is CC(C)C(C)CNS(=O)(=O)c1ccc(C(N)=S)cc1. The molecule has 1 unspecified atom stereocenters. The minimum absolute atomic E-state index is 0.225. The molecule has 0 heterocycles. The minimum Gasteiger partial charge on any atom is -0.389 e. The van der Waals surface area contributed by atoms with Crippen LogP contribution in [0.1, 0.15) is 26.3 Å². The van der Waals surface area contributed by atoms with Crippen molar-refractivity contribution in [3.05, 3.63) is 29.8 Å². The topological polar surface area (TPSA) is 72.2 Å². The van der Waals surface area contributed by atoms with Crippen molar-refractivity contribution in [3.63, 3.8) is 0 Å². The van der Waals surface area contributed by atoms with Crippen LogP contribution in [-0.2, 0) is 10.0 Å². The van der Waals surface area contributed by atoms with E-state index in [1.807, 2.05) is 6.92 Å². The molecule has 3 N–H and O–H groups in total. The number of hydrogen-bond donors (Lipinski definition) is 2. The molecule has 0 aliphatic carbocycles. The minimum atomic E-state index is -3.47. The highest BCUT2D eigenvalue weighted by Gasteiger charge is 2.16. The summed E-state index contributed by atoms with van der Waals surface area (Å²) in [5.41, 5.74) is 6.13. The second-order valence-electron chi connectivity index (χ2n) is 4.96. The van der Waals surface area contributed by atoms with E-state index in [0.29, 0.717) is 18.0 Å². The van der Waals surface area contributed by atoms with Gasteiger partial charge in [0.1, 0.15) is 4.99 Å². The first-order valence-electron chi connectivity index (χ1n) is 6.13. The molecule has 1 atom stereocenters. The predicted molar refractivity (Wildman–Crippen MR) is 81.5 cm³/mol. The van der Waals surface area contributed by atoms with Crippen molar-refractivity contribution < 1.29 is 8.42 Å². The Morgan fingerprint density at radius 1 is 1.26 bits per heavy atom. The quantitative estimate of drug-likeness (QED) is 0.787. The van der Waals surface area contributed by atoms with Gasteiger partial charge in [0.05, 0.1) is 4.90 Å². The number of hydrogen-bond acceptors (Lipinski definition) is 3. The van der Waals surface area contributed by atoms with E-state index < -0.39 is 10.0 Å². The Morgan fingerprint density at radius 2 is 1.79 bits per heavy atom. The molecular weight excluding hydrogens is 280 g/mol. The Bertz CT molecular complexity index is 536. The molecule has 0 spiro atoms. The molecule has 6 heteroatoms. The summed E-state index contributed by atoms with van der Waals surface area (Å²) in [5, 5.41) is 0. The number of rotatable bonds is 6. The maximum absolute atomic E-state index is 12.1. The van der Waals surface area contributed by atoms with E-state index in [-0.39, 0.29) is 15.8 Å². The molecule has 4 nitrogen and oxygen atoms in total. The van der Waals surface area contributed by atoms with Crippen molar-refractivity contribution in [1.29, 1.82) is 0 Å². The van der Waals surface area contributed by atoms with Crippen LogP contribution in [0.25, 0.3) is 0 Å². The van der Waals surface area contributed by atoms with Gasteiger partial charge in [-0.15, -0.1) is 0 Å². The van der Waals surface area contributed by atoms with Crippen molar-refractivity contribution in [2.45, 2.75) is 25.7 Å². The highest BCUT2D eigenvalue weighted by atomic mass is 32.2. The van der Waals surface area contributed by atoms with E-state index >= 15 is 0 Å². The highest BCUT2D eigenvalue weighted by Crippen LogP contribution is 2.13. The molecule has 19 heavy (non-hydrogen) atoms. The predicted octanol–water partition coefficient (Wildman–Crippen LogP) is 1.89. The fourth-order valence-corrected chi connectivity index (χ4v) is 2.64. The largest absolute Gasteiger partial charge is 0.389 e. The van der Waals surface area contributed by atoms with Crippen LogP contribution in [0.4, 0.5) is 0 Å². The lowest BCUT2D eigenvalue weighted by atomic mass is 9.99. The smallest absolute Gasteiger partial charge is 0.240 e. The summed E-state index contributed by atoms with van der Waals surface area (Å²) >= 11 is 4.83. The Labute approximate surface area is 120 Å². The summed E-state index contributed by atoms with van der Waals surface area (Å²) in [6.07, 6.45) is 0. The van der Waals surface area contributed by atoms with Gasteiger partial charge in [0.2, 0.25) is 10.0 Å².